The van der Waals surface area contributed by atoms with Crippen LogP contribution < -0.4 is 15.8 Å². The van der Waals surface area contributed by atoms with Crippen molar-refractivity contribution in [2.24, 2.45) is 5.73 Å². The van der Waals surface area contributed by atoms with Gasteiger partial charge in [0.15, 0.2) is 6.61 Å². The molecule has 1 aromatic rings. The summed E-state index contributed by atoms with van der Waals surface area (Å²) in [6, 6.07) is 4.93. The molecule has 0 fully saturated rings. The Bertz CT molecular complexity index is 473. The lowest BCUT2D eigenvalue weighted by Gasteiger charge is -2.15. The molecule has 3 N–H and O–H groups in total. The second kappa shape index (κ2) is 6.60. The second-order valence-electron chi connectivity index (χ2n) is 4.51. The molecule has 0 aliphatic heterocycles. The average Bonchev–Trinajstić information content (AvgIpc) is 2.33. The van der Waals surface area contributed by atoms with Crippen molar-refractivity contribution in [3.63, 3.8) is 0 Å². The van der Waals surface area contributed by atoms with Crippen LogP contribution in [0.15, 0.2) is 18.2 Å². The van der Waals surface area contributed by atoms with Gasteiger partial charge in [-0.2, -0.15) is 13.2 Å². The number of alkyl halides is 3. The van der Waals surface area contributed by atoms with Gasteiger partial charge >= 0.3 is 6.18 Å². The van der Waals surface area contributed by atoms with E-state index < -0.39 is 25.2 Å². The number of halogens is 3. The van der Waals surface area contributed by atoms with E-state index in [-0.39, 0.29) is 6.04 Å². The molecule has 1 rings (SSSR count). The zero-order valence-corrected chi connectivity index (χ0v) is 11.3. The molecule has 0 heterocycles. The van der Waals surface area contributed by atoms with Gasteiger partial charge in [-0.25, -0.2) is 0 Å². The number of benzene rings is 1. The second-order valence-corrected chi connectivity index (χ2v) is 4.51. The summed E-state index contributed by atoms with van der Waals surface area (Å²) in [4.78, 5) is 11.2. The molecule has 7 heteroatoms. The number of carbonyl (C=O) groups is 1. The quantitative estimate of drug-likeness (QED) is 0.872. The van der Waals surface area contributed by atoms with Gasteiger partial charge in [-0.1, -0.05) is 17.7 Å². The van der Waals surface area contributed by atoms with Crippen molar-refractivity contribution in [2.45, 2.75) is 26.1 Å². The standard InChI is InChI=1S/C13H17F3N2O2/c1-8-3-4-11(10(5-8)9(2)17)20-6-12(19)18-7-13(14,15)16/h3-5,9H,6-7,17H2,1-2H3,(H,18,19)/t9-/m1/s1. The van der Waals surface area contributed by atoms with E-state index in [1.807, 2.05) is 13.0 Å². The van der Waals surface area contributed by atoms with Gasteiger partial charge < -0.3 is 15.8 Å². The van der Waals surface area contributed by atoms with Crippen molar-refractivity contribution in [1.29, 1.82) is 0 Å². The molecule has 1 aromatic carbocycles. The van der Waals surface area contributed by atoms with Crippen LogP contribution in [0.25, 0.3) is 0 Å². The Hall–Kier alpha value is -1.76. The van der Waals surface area contributed by atoms with Gasteiger partial charge in [-0.15, -0.1) is 0 Å². The molecule has 0 saturated carbocycles. The minimum atomic E-state index is -4.43. The fraction of sp³-hybridized carbons (Fsp3) is 0.462. The summed E-state index contributed by atoms with van der Waals surface area (Å²) in [5.41, 5.74) is 7.46. The number of ether oxygens (including phenoxy) is 1. The van der Waals surface area contributed by atoms with Crippen molar-refractivity contribution in [3.05, 3.63) is 29.3 Å². The molecule has 0 radical (unpaired) electrons. The fourth-order valence-electron chi connectivity index (χ4n) is 1.55. The van der Waals surface area contributed by atoms with Gasteiger partial charge in [0.1, 0.15) is 12.3 Å². The Morgan fingerprint density at radius 3 is 2.65 bits per heavy atom. The molecule has 1 amide bonds. The van der Waals surface area contributed by atoms with Crippen LogP contribution in [-0.2, 0) is 4.79 Å². The first kappa shape index (κ1) is 16.3. The van der Waals surface area contributed by atoms with E-state index in [1.54, 1.807) is 24.4 Å². The molecular weight excluding hydrogens is 273 g/mol. The third-order valence-corrected chi connectivity index (χ3v) is 2.50. The average molecular weight is 290 g/mol. The predicted octanol–water partition coefficient (Wildman–Crippen LogP) is 2.07. The minimum Gasteiger partial charge on any atom is -0.483 e. The Balaban J connectivity index is 2.59. The first-order chi connectivity index (χ1) is 9.19. The summed E-state index contributed by atoms with van der Waals surface area (Å²) >= 11 is 0. The van der Waals surface area contributed by atoms with Crippen LogP contribution in [0, 0.1) is 6.92 Å². The van der Waals surface area contributed by atoms with Crippen molar-refractivity contribution < 1.29 is 22.7 Å². The highest BCUT2D eigenvalue weighted by Gasteiger charge is 2.27. The summed E-state index contributed by atoms with van der Waals surface area (Å²) in [7, 11) is 0. The SMILES string of the molecule is Cc1ccc(OCC(=O)NCC(F)(F)F)c([C@@H](C)N)c1. The van der Waals surface area contributed by atoms with E-state index in [9.17, 15) is 18.0 Å². The van der Waals surface area contributed by atoms with Gasteiger partial charge in [0.25, 0.3) is 5.91 Å². The molecule has 0 saturated heterocycles. The van der Waals surface area contributed by atoms with Crippen LogP contribution in [0.3, 0.4) is 0 Å². The van der Waals surface area contributed by atoms with E-state index in [2.05, 4.69) is 0 Å². The third kappa shape index (κ3) is 5.48. The maximum Gasteiger partial charge on any atom is 0.405 e. The van der Waals surface area contributed by atoms with Crippen molar-refractivity contribution in [3.8, 4) is 5.75 Å². The lowest BCUT2D eigenvalue weighted by atomic mass is 10.1. The van der Waals surface area contributed by atoms with Crippen LogP contribution >= 0.6 is 0 Å². The van der Waals surface area contributed by atoms with Gasteiger partial charge in [-0.05, 0) is 19.9 Å². The van der Waals surface area contributed by atoms with Crippen molar-refractivity contribution in [1.82, 2.24) is 5.32 Å². The number of aryl methyl sites for hydroxylation is 1. The third-order valence-electron chi connectivity index (χ3n) is 2.50. The molecule has 0 unspecified atom stereocenters. The lowest BCUT2D eigenvalue weighted by Crippen LogP contribution is -2.36. The number of rotatable bonds is 5. The highest BCUT2D eigenvalue weighted by Crippen LogP contribution is 2.24. The minimum absolute atomic E-state index is 0.303. The molecule has 0 bridgehead atoms. The number of nitrogens with two attached hydrogens (primary N) is 1. The topological polar surface area (TPSA) is 64.3 Å². The Morgan fingerprint density at radius 1 is 1.45 bits per heavy atom. The highest BCUT2D eigenvalue weighted by atomic mass is 19.4. The first-order valence-electron chi connectivity index (χ1n) is 6.01. The van der Waals surface area contributed by atoms with E-state index in [0.717, 1.165) is 5.56 Å². The number of hydrogen-bond donors (Lipinski definition) is 2. The van der Waals surface area contributed by atoms with Gasteiger partial charge in [-0.3, -0.25) is 4.79 Å². The van der Waals surface area contributed by atoms with Gasteiger partial charge in [0, 0.05) is 11.6 Å². The summed E-state index contributed by atoms with van der Waals surface area (Å²) in [6.45, 7) is 1.78. The van der Waals surface area contributed by atoms with Crippen LogP contribution in [0.2, 0.25) is 0 Å². The largest absolute Gasteiger partial charge is 0.483 e. The zero-order valence-electron chi connectivity index (χ0n) is 11.3. The van der Waals surface area contributed by atoms with E-state index in [0.29, 0.717) is 11.3 Å². The summed E-state index contributed by atoms with van der Waals surface area (Å²) in [5, 5.41) is 1.73. The van der Waals surface area contributed by atoms with Gasteiger partial charge in [0.05, 0.1) is 0 Å². The van der Waals surface area contributed by atoms with Crippen LogP contribution in [-0.4, -0.2) is 25.2 Å². The maximum atomic E-state index is 11.9. The molecule has 112 valence electrons. The molecule has 0 aromatic heterocycles. The van der Waals surface area contributed by atoms with Crippen LogP contribution in [0.4, 0.5) is 13.2 Å². The van der Waals surface area contributed by atoms with Crippen LogP contribution in [0.5, 0.6) is 5.75 Å². The van der Waals surface area contributed by atoms with Crippen molar-refractivity contribution >= 4 is 5.91 Å². The normalized spacial score (nSPS) is 12.9. The smallest absolute Gasteiger partial charge is 0.405 e. The van der Waals surface area contributed by atoms with E-state index >= 15 is 0 Å². The van der Waals surface area contributed by atoms with E-state index in [1.165, 1.54) is 0 Å². The summed E-state index contributed by atoms with van der Waals surface area (Å²) < 4.78 is 41.0. The lowest BCUT2D eigenvalue weighted by molar-refractivity contribution is -0.139. The maximum absolute atomic E-state index is 11.9. The Labute approximate surface area is 115 Å². The summed E-state index contributed by atoms with van der Waals surface area (Å²) in [6.07, 6.45) is -4.43. The molecular formula is C13H17F3N2O2. The predicted molar refractivity (Wildman–Crippen MR) is 68.3 cm³/mol. The van der Waals surface area contributed by atoms with Gasteiger partial charge in [0.2, 0.25) is 0 Å². The van der Waals surface area contributed by atoms with Crippen molar-refractivity contribution in [2.75, 3.05) is 13.2 Å². The molecule has 4 nitrogen and oxygen atoms in total. The highest BCUT2D eigenvalue weighted by molar-refractivity contribution is 5.77. The Morgan fingerprint density at radius 2 is 2.10 bits per heavy atom. The zero-order chi connectivity index (χ0) is 15.3. The molecule has 1 atom stereocenters. The Kier molecular flexibility index (Phi) is 5.38. The number of carbonyl (C=O) groups excluding carboxylic acids is 1. The number of hydrogen-bond acceptors (Lipinski definition) is 3. The molecule has 0 aliphatic carbocycles. The number of amides is 1. The first-order valence-corrected chi connectivity index (χ1v) is 6.01. The van der Waals surface area contributed by atoms with E-state index in [4.69, 9.17) is 10.5 Å². The summed E-state index contributed by atoms with van der Waals surface area (Å²) in [5.74, 6) is -0.439. The molecule has 20 heavy (non-hydrogen) atoms. The fourth-order valence-corrected chi connectivity index (χ4v) is 1.55. The monoisotopic (exact) mass is 290 g/mol. The molecule has 0 spiro atoms. The van der Waals surface area contributed by atoms with Crippen LogP contribution in [0.1, 0.15) is 24.1 Å². The molecule has 0 aliphatic rings. The number of nitrogens with one attached hydrogen (secondary N) is 1.